The van der Waals surface area contributed by atoms with Gasteiger partial charge < -0.3 is 0 Å². The lowest BCUT2D eigenvalue weighted by atomic mass is 10.1. The van der Waals surface area contributed by atoms with Gasteiger partial charge >= 0.3 is 0 Å². The predicted octanol–water partition coefficient (Wildman–Crippen LogP) is 2.59. The molecule has 0 atom stereocenters. The van der Waals surface area contributed by atoms with Crippen LogP contribution in [0.5, 0.6) is 0 Å². The van der Waals surface area contributed by atoms with Crippen molar-refractivity contribution in [1.82, 2.24) is 4.98 Å². The molecular formula is C10H13N. The van der Waals surface area contributed by atoms with Crippen molar-refractivity contribution in [3.8, 4) is 0 Å². The summed E-state index contributed by atoms with van der Waals surface area (Å²) in [5, 5.41) is 0. The van der Waals surface area contributed by atoms with Crippen molar-refractivity contribution >= 4 is 0 Å². The van der Waals surface area contributed by atoms with Crippen LogP contribution in [0.1, 0.15) is 18.9 Å². The molecule has 0 aromatic carbocycles. The minimum Gasteiger partial charge on any atom is -0.264 e. The van der Waals surface area contributed by atoms with Crippen LogP contribution in [0.15, 0.2) is 36.7 Å². The first-order chi connectivity index (χ1) is 5.43. The second-order valence-electron chi connectivity index (χ2n) is 2.47. The fourth-order valence-electron chi connectivity index (χ4n) is 0.963. The lowest BCUT2D eigenvalue weighted by molar-refractivity contribution is 0.986. The van der Waals surface area contributed by atoms with Crippen LogP contribution in [0, 0.1) is 0 Å². The predicted molar refractivity (Wildman–Crippen MR) is 47.4 cm³/mol. The number of hydrogen-bond acceptors (Lipinski definition) is 1. The van der Waals surface area contributed by atoms with Crippen molar-refractivity contribution in [3.63, 3.8) is 0 Å². The lowest BCUT2D eigenvalue weighted by Crippen LogP contribution is -1.82. The molecule has 0 amide bonds. The second kappa shape index (κ2) is 4.67. The highest BCUT2D eigenvalue weighted by Gasteiger charge is 1.87. The van der Waals surface area contributed by atoms with Crippen LogP contribution in [-0.4, -0.2) is 4.98 Å². The van der Waals surface area contributed by atoms with Crippen molar-refractivity contribution in [2.24, 2.45) is 0 Å². The van der Waals surface area contributed by atoms with Gasteiger partial charge in [-0.1, -0.05) is 18.2 Å². The summed E-state index contributed by atoms with van der Waals surface area (Å²) < 4.78 is 0. The molecule has 0 saturated heterocycles. The highest BCUT2D eigenvalue weighted by molar-refractivity contribution is 5.09. The van der Waals surface area contributed by atoms with Crippen LogP contribution in [0.25, 0.3) is 0 Å². The minimum atomic E-state index is 1.10. The van der Waals surface area contributed by atoms with E-state index in [1.165, 1.54) is 5.56 Å². The van der Waals surface area contributed by atoms with Gasteiger partial charge in [-0.25, -0.2) is 0 Å². The lowest BCUT2D eigenvalue weighted by Gasteiger charge is -1.94. The SMILES string of the molecule is C/C=C/CCc1cccnc1. The molecule has 1 aromatic rings. The molecule has 1 heteroatoms. The van der Waals surface area contributed by atoms with E-state index in [1.54, 1.807) is 6.20 Å². The summed E-state index contributed by atoms with van der Waals surface area (Å²) in [5.41, 5.74) is 1.31. The summed E-state index contributed by atoms with van der Waals surface area (Å²) in [6.45, 7) is 2.04. The zero-order valence-corrected chi connectivity index (χ0v) is 6.83. The molecule has 1 rings (SSSR count). The molecule has 0 bridgehead atoms. The van der Waals surface area contributed by atoms with Crippen molar-refractivity contribution in [2.75, 3.05) is 0 Å². The Labute approximate surface area is 67.8 Å². The molecule has 1 nitrogen and oxygen atoms in total. The molecule has 0 unspecified atom stereocenters. The summed E-state index contributed by atoms with van der Waals surface area (Å²) >= 11 is 0. The average molecular weight is 147 g/mol. The zero-order valence-electron chi connectivity index (χ0n) is 6.83. The first-order valence-corrected chi connectivity index (χ1v) is 3.93. The largest absolute Gasteiger partial charge is 0.264 e. The number of aromatic nitrogens is 1. The fraction of sp³-hybridized carbons (Fsp3) is 0.300. The maximum Gasteiger partial charge on any atom is 0.0299 e. The number of nitrogens with zero attached hydrogens (tertiary/aromatic N) is 1. The summed E-state index contributed by atoms with van der Waals surface area (Å²) in [6, 6.07) is 4.08. The van der Waals surface area contributed by atoms with E-state index < -0.39 is 0 Å². The highest BCUT2D eigenvalue weighted by atomic mass is 14.6. The van der Waals surface area contributed by atoms with E-state index in [0.29, 0.717) is 0 Å². The number of aryl methyl sites for hydroxylation is 1. The standard InChI is InChI=1S/C10H13N/c1-2-3-4-6-10-7-5-8-11-9-10/h2-3,5,7-9H,4,6H2,1H3/b3-2+. The highest BCUT2D eigenvalue weighted by Crippen LogP contribution is 2.00. The van der Waals surface area contributed by atoms with Gasteiger partial charge in [-0.15, -0.1) is 0 Å². The first-order valence-electron chi connectivity index (χ1n) is 3.93. The Bertz CT molecular complexity index is 214. The molecule has 1 aromatic heterocycles. The van der Waals surface area contributed by atoms with Crippen LogP contribution >= 0.6 is 0 Å². The molecular weight excluding hydrogens is 134 g/mol. The zero-order chi connectivity index (χ0) is 7.94. The summed E-state index contributed by atoms with van der Waals surface area (Å²) in [5.74, 6) is 0. The van der Waals surface area contributed by atoms with Gasteiger partial charge in [0.2, 0.25) is 0 Å². The quantitative estimate of drug-likeness (QED) is 0.599. The van der Waals surface area contributed by atoms with Crippen molar-refractivity contribution in [3.05, 3.63) is 42.2 Å². The van der Waals surface area contributed by atoms with Crippen LogP contribution in [0.2, 0.25) is 0 Å². The van der Waals surface area contributed by atoms with E-state index in [1.807, 2.05) is 19.2 Å². The van der Waals surface area contributed by atoms with Crippen LogP contribution in [0.4, 0.5) is 0 Å². The third-order valence-corrected chi connectivity index (χ3v) is 1.56. The van der Waals surface area contributed by atoms with Gasteiger partial charge in [-0.3, -0.25) is 4.98 Å². The molecule has 0 fully saturated rings. The monoisotopic (exact) mass is 147 g/mol. The maximum atomic E-state index is 4.04. The summed E-state index contributed by atoms with van der Waals surface area (Å²) in [7, 11) is 0. The van der Waals surface area contributed by atoms with Crippen molar-refractivity contribution in [1.29, 1.82) is 0 Å². The molecule has 11 heavy (non-hydrogen) atoms. The maximum absolute atomic E-state index is 4.04. The summed E-state index contributed by atoms with van der Waals surface area (Å²) in [4.78, 5) is 4.04. The molecule has 0 spiro atoms. The first kappa shape index (κ1) is 7.99. The van der Waals surface area contributed by atoms with Gasteiger partial charge in [0.25, 0.3) is 0 Å². The van der Waals surface area contributed by atoms with Gasteiger partial charge in [0.15, 0.2) is 0 Å². The van der Waals surface area contributed by atoms with Gasteiger partial charge in [0.1, 0.15) is 0 Å². The fourth-order valence-corrected chi connectivity index (χ4v) is 0.963. The van der Waals surface area contributed by atoms with Gasteiger partial charge in [-0.2, -0.15) is 0 Å². The Morgan fingerprint density at radius 3 is 3.09 bits per heavy atom. The van der Waals surface area contributed by atoms with E-state index >= 15 is 0 Å². The van der Waals surface area contributed by atoms with Gasteiger partial charge in [-0.05, 0) is 31.4 Å². The van der Waals surface area contributed by atoms with E-state index in [9.17, 15) is 0 Å². The second-order valence-corrected chi connectivity index (χ2v) is 2.47. The average Bonchev–Trinajstić information content (AvgIpc) is 2.07. The molecule has 0 aliphatic heterocycles. The number of rotatable bonds is 3. The molecule has 0 N–H and O–H groups in total. The smallest absolute Gasteiger partial charge is 0.0299 e. The molecule has 58 valence electrons. The third-order valence-electron chi connectivity index (χ3n) is 1.56. The number of allylic oxidation sites excluding steroid dienone is 2. The molecule has 0 saturated carbocycles. The van der Waals surface area contributed by atoms with Crippen LogP contribution in [-0.2, 0) is 6.42 Å². The molecule has 1 heterocycles. The number of hydrogen-bond donors (Lipinski definition) is 0. The van der Waals surface area contributed by atoms with Crippen molar-refractivity contribution in [2.45, 2.75) is 19.8 Å². The van der Waals surface area contributed by atoms with Crippen LogP contribution < -0.4 is 0 Å². The molecule has 0 aliphatic rings. The Kier molecular flexibility index (Phi) is 3.39. The topological polar surface area (TPSA) is 12.9 Å². The van der Waals surface area contributed by atoms with Gasteiger partial charge in [0, 0.05) is 12.4 Å². The van der Waals surface area contributed by atoms with E-state index in [2.05, 4.69) is 23.2 Å². The Balaban J connectivity index is 2.39. The minimum absolute atomic E-state index is 1.10. The number of pyridine rings is 1. The van der Waals surface area contributed by atoms with E-state index in [4.69, 9.17) is 0 Å². The van der Waals surface area contributed by atoms with E-state index in [-0.39, 0.29) is 0 Å². The Morgan fingerprint density at radius 2 is 2.45 bits per heavy atom. The van der Waals surface area contributed by atoms with E-state index in [0.717, 1.165) is 12.8 Å². The Hall–Kier alpha value is -1.11. The van der Waals surface area contributed by atoms with Gasteiger partial charge in [0.05, 0.1) is 0 Å². The molecule has 0 radical (unpaired) electrons. The Morgan fingerprint density at radius 1 is 1.55 bits per heavy atom. The van der Waals surface area contributed by atoms with Crippen LogP contribution in [0.3, 0.4) is 0 Å². The molecule has 0 aliphatic carbocycles. The third kappa shape index (κ3) is 2.99. The van der Waals surface area contributed by atoms with Crippen molar-refractivity contribution < 1.29 is 0 Å². The summed E-state index contributed by atoms with van der Waals surface area (Å²) in [6.07, 6.45) is 10.2. The normalized spacial score (nSPS) is 10.6.